The van der Waals surface area contributed by atoms with Crippen molar-refractivity contribution in [2.45, 2.75) is 184 Å². The summed E-state index contributed by atoms with van der Waals surface area (Å²) in [6.45, 7) is -6.00. The Morgan fingerprint density at radius 3 is 0.950 bits per heavy atom. The van der Waals surface area contributed by atoms with E-state index < -0.39 is 224 Å². The summed E-state index contributed by atoms with van der Waals surface area (Å²) in [6.07, 6.45) is -58.3. The van der Waals surface area contributed by atoms with Crippen LogP contribution in [0.5, 0.6) is 5.75 Å². The van der Waals surface area contributed by atoms with E-state index in [0.29, 0.717) is 22.5 Å². The van der Waals surface area contributed by atoms with Crippen LogP contribution in [0.25, 0.3) is 11.1 Å². The molecular weight excluding hydrogens is 1080 g/mol. The minimum absolute atomic E-state index is 0.0513. The van der Waals surface area contributed by atoms with Crippen molar-refractivity contribution < 1.29 is 148 Å². The Morgan fingerprint density at radius 2 is 0.625 bits per heavy atom. The Kier molecular flexibility index (Phi) is 18.8. The fraction of sp³-hybridized carbons (Fsp3) is 0.750. The molecule has 2 aromatic rings. The number of hydrogen-bond donors (Lipinski definition) is 17. The van der Waals surface area contributed by atoms with E-state index >= 15 is 0 Å². The van der Waals surface area contributed by atoms with E-state index in [0.717, 1.165) is 0 Å². The van der Waals surface area contributed by atoms with Crippen LogP contribution in [0.4, 0.5) is 11.4 Å². The van der Waals surface area contributed by atoms with Gasteiger partial charge in [0.2, 0.25) is 0 Å². The Labute approximate surface area is 452 Å². The van der Waals surface area contributed by atoms with Gasteiger partial charge in [-0.1, -0.05) is 12.1 Å². The quantitative estimate of drug-likeness (QED) is 0.0946. The third-order valence-corrected chi connectivity index (χ3v) is 15.3. The van der Waals surface area contributed by atoms with Crippen molar-refractivity contribution in [3.8, 4) is 16.9 Å². The molecule has 25 rings (SSSR count). The van der Waals surface area contributed by atoms with Gasteiger partial charge in [-0.25, -0.2) is 0 Å². The second-order valence-corrected chi connectivity index (χ2v) is 20.4. The molecule has 0 spiro atoms. The van der Waals surface area contributed by atoms with Gasteiger partial charge in [-0.3, -0.25) is 0 Å². The molecule has 30 atom stereocenters. The second kappa shape index (κ2) is 25.1. The summed E-state index contributed by atoms with van der Waals surface area (Å²) in [6, 6.07) is 11.7. The Morgan fingerprint density at radius 1 is 0.325 bits per heavy atom. The maximum Gasteiger partial charge on any atom is 0.188 e. The third-order valence-electron chi connectivity index (χ3n) is 15.3. The van der Waals surface area contributed by atoms with Crippen LogP contribution in [0.1, 0.15) is 0 Å². The maximum atomic E-state index is 12.2. The number of azo groups is 1. The average molecular weight is 1150 g/mol. The van der Waals surface area contributed by atoms with Crippen LogP contribution in [0.2, 0.25) is 0 Å². The molecule has 0 unspecified atom stereocenters. The molecule has 448 valence electrons. The lowest BCUT2D eigenvalue weighted by atomic mass is 9.94. The molecule has 0 amide bonds. The molecule has 22 saturated heterocycles. The molecule has 2 aromatic carbocycles. The molecule has 0 aromatic heterocycles. The van der Waals surface area contributed by atoms with Gasteiger partial charge < -0.3 is 148 Å². The fourth-order valence-electron chi connectivity index (χ4n) is 10.9. The standard InChI is InChI=1S/C48H66N2O30/c51-8-19-36-25(57)30(62)43(69-19)76-37-20(9-52)71-45(32(64)27(37)59)78-39-22(11-54)73-47(34(66)29(39)61)80-41-24(13-56)74-48(35(67)42(41)68-16-4-1-14(2-5-16)17-6-3-15-7-18(17)50-49-15)79-40-23(12-55)72-46(33(65)28(40)60)77-38-21(10-53)70-44(75-36)31(63)26(38)58/h1-7,19-48,51-67H,8-13H2/t19-,20-,21-,22-,23-,24-,25-,26-,27-,28-,29-,30-,31-,32-,33-,34-,35-,36-,37-,38-,39-,40-,41+,42-,43-,44-,45-,46-,47-,48-/m1/s1. The Hall–Kier alpha value is -3.32. The van der Waals surface area contributed by atoms with E-state index in [1.807, 2.05) is 6.07 Å². The molecule has 32 nitrogen and oxygen atoms in total. The van der Waals surface area contributed by atoms with Crippen molar-refractivity contribution >= 4 is 11.4 Å². The summed E-state index contributed by atoms with van der Waals surface area (Å²) in [5.41, 5.74) is 2.63. The molecule has 17 N–H and O–H groups in total. The highest BCUT2D eigenvalue weighted by molar-refractivity contribution is 5.79. The molecule has 0 radical (unpaired) electrons. The predicted octanol–water partition coefficient (Wildman–Crippen LogP) is -8.57. The van der Waals surface area contributed by atoms with Gasteiger partial charge in [0.25, 0.3) is 0 Å². The average Bonchev–Trinajstić information content (AvgIpc) is 3.92. The van der Waals surface area contributed by atoms with Gasteiger partial charge in [0.1, 0.15) is 146 Å². The van der Waals surface area contributed by atoms with Crippen molar-refractivity contribution in [1.29, 1.82) is 0 Å². The fourth-order valence-corrected chi connectivity index (χ4v) is 10.9. The van der Waals surface area contributed by atoms with E-state index in [9.17, 15) is 86.8 Å². The first-order valence-corrected chi connectivity index (χ1v) is 25.7. The van der Waals surface area contributed by atoms with Crippen LogP contribution < -0.4 is 4.74 Å². The summed E-state index contributed by atoms with van der Waals surface area (Å²) in [4.78, 5) is 0. The van der Waals surface area contributed by atoms with Gasteiger partial charge in [-0.2, -0.15) is 5.11 Å². The molecule has 14 bridgehead atoms. The van der Waals surface area contributed by atoms with E-state index in [1.54, 1.807) is 24.3 Å². The number of aliphatic hydroxyl groups is 17. The first kappa shape index (κ1) is 59.8. The van der Waals surface area contributed by atoms with E-state index in [2.05, 4.69) is 10.2 Å². The molecule has 23 heterocycles. The van der Waals surface area contributed by atoms with Gasteiger partial charge in [0, 0.05) is 5.56 Å². The molecule has 80 heavy (non-hydrogen) atoms. The lowest BCUT2D eigenvalue weighted by Crippen LogP contribution is -2.69. The zero-order chi connectivity index (χ0) is 57.0. The van der Waals surface area contributed by atoms with Crippen molar-refractivity contribution in [1.82, 2.24) is 0 Å². The van der Waals surface area contributed by atoms with Gasteiger partial charge >= 0.3 is 0 Å². The van der Waals surface area contributed by atoms with Crippen LogP contribution in [0.15, 0.2) is 52.7 Å². The Balaban J connectivity index is 0.973. The molecule has 32 heteroatoms. The normalized spacial score (nSPS) is 48.0. The molecule has 0 saturated carbocycles. The van der Waals surface area contributed by atoms with Crippen LogP contribution in [0, 0.1) is 0 Å². The summed E-state index contributed by atoms with van der Waals surface area (Å²) >= 11 is 0. The van der Waals surface area contributed by atoms with E-state index in [4.69, 9.17) is 61.6 Å². The summed E-state index contributed by atoms with van der Waals surface area (Å²) < 4.78 is 76.6. The summed E-state index contributed by atoms with van der Waals surface area (Å²) in [5, 5.41) is 198. The van der Waals surface area contributed by atoms with Gasteiger partial charge in [0.15, 0.2) is 43.8 Å². The van der Waals surface area contributed by atoms with Gasteiger partial charge in [-0.15, -0.1) is 5.11 Å². The zero-order valence-electron chi connectivity index (χ0n) is 41.9. The molecular formula is C48H66N2O30. The number of rotatable bonds is 9. The summed E-state index contributed by atoms with van der Waals surface area (Å²) in [7, 11) is 0. The minimum atomic E-state index is -2.17. The van der Waals surface area contributed by atoms with Gasteiger partial charge in [0.05, 0.1) is 51.0 Å². The smallest absolute Gasteiger partial charge is 0.188 e. The highest BCUT2D eigenvalue weighted by atomic mass is 16.8. The van der Waals surface area contributed by atoms with Crippen LogP contribution in [0.3, 0.4) is 0 Å². The lowest BCUT2D eigenvalue weighted by molar-refractivity contribution is -0.403. The Bertz CT molecular complexity index is 2370. The van der Waals surface area contributed by atoms with Crippen LogP contribution in [-0.4, -0.2) is 311 Å². The van der Waals surface area contributed by atoms with Crippen molar-refractivity contribution in [3.63, 3.8) is 0 Å². The topological polar surface area (TPSA) is 489 Å². The molecule has 0 aliphatic carbocycles. The first-order valence-electron chi connectivity index (χ1n) is 25.7. The molecule has 23 aliphatic heterocycles. The van der Waals surface area contributed by atoms with Crippen molar-refractivity contribution in [2.24, 2.45) is 10.2 Å². The highest BCUT2D eigenvalue weighted by Crippen LogP contribution is 2.42. The van der Waals surface area contributed by atoms with Gasteiger partial charge in [-0.05, 0) is 35.9 Å². The number of nitrogens with zero attached hydrogens (tertiary/aromatic N) is 2. The van der Waals surface area contributed by atoms with E-state index in [1.165, 1.54) is 12.1 Å². The largest absolute Gasteiger partial charge is 0.485 e. The van der Waals surface area contributed by atoms with Crippen molar-refractivity contribution in [2.75, 3.05) is 39.6 Å². The number of hydrogen-bond acceptors (Lipinski definition) is 32. The predicted molar refractivity (Wildman–Crippen MR) is 250 cm³/mol. The lowest BCUT2D eigenvalue weighted by Gasteiger charge is -2.51. The number of fused-ring (bicyclic) bond motifs is 2. The van der Waals surface area contributed by atoms with Crippen molar-refractivity contribution in [3.05, 3.63) is 42.5 Å². The second-order valence-electron chi connectivity index (χ2n) is 20.4. The third kappa shape index (κ3) is 11.4. The number of aliphatic hydroxyl groups excluding tert-OH is 17. The zero-order valence-corrected chi connectivity index (χ0v) is 41.9. The molecule has 22 fully saturated rings. The summed E-state index contributed by atoms with van der Waals surface area (Å²) in [5.74, 6) is 0.0513. The number of ether oxygens (including phenoxy) is 13. The highest BCUT2D eigenvalue weighted by Gasteiger charge is 2.59. The minimum Gasteiger partial charge on any atom is -0.485 e. The SMILES string of the molecule is OC[C@H]1O[C@@H]2O[C@H]3[C@H](O)[C@@H](O)[C@@H](O[C@H]4[C@H](O)[C@@H](O)[C@@H](O[C@H]5[C@H](O)[C@@H](O)[C@@H](O[C@H]6[C@H](O)[C@@H](O)[C@@H](O[C@H]7[C@H](O)[C@@H](O)[C@@H](O[C@@H]1[C@H](Oc1ccc(-c8ccc9cc8N=N9)cc1)[C@H]2O)O[C@@H]7CO)O[C@@H]6CO)O[C@@H]5CO)O[C@@H]4CO)O[C@@H]3CO. The van der Waals surface area contributed by atoms with Crippen LogP contribution >= 0.6 is 0 Å². The monoisotopic (exact) mass is 1150 g/mol. The first-order chi connectivity index (χ1) is 38.4. The number of benzene rings is 2. The van der Waals surface area contributed by atoms with Crippen LogP contribution in [-0.2, 0) is 56.8 Å². The molecule has 23 aliphatic rings. The maximum absolute atomic E-state index is 12.2. The van der Waals surface area contributed by atoms with E-state index in [-0.39, 0.29) is 5.75 Å².